The molecule has 0 unspecified atom stereocenters. The van der Waals surface area contributed by atoms with Crippen LogP contribution in [0.3, 0.4) is 0 Å². The molecule has 0 atom stereocenters. The summed E-state index contributed by atoms with van der Waals surface area (Å²) in [5.41, 5.74) is 4.68. The summed E-state index contributed by atoms with van der Waals surface area (Å²) < 4.78 is 31.7. The summed E-state index contributed by atoms with van der Waals surface area (Å²) in [4.78, 5) is 17.7. The summed E-state index contributed by atoms with van der Waals surface area (Å²) in [7, 11) is 0. The number of aliphatic carboxylic acids is 1. The van der Waals surface area contributed by atoms with Gasteiger partial charge in [-0.1, -0.05) is 24.3 Å². The molecule has 3 N–H and O–H groups in total. The largest absolute Gasteiger partial charge is 0.490 e. The molecule has 0 saturated heterocycles. The second-order valence-electron chi connectivity index (χ2n) is 6.22. The van der Waals surface area contributed by atoms with Gasteiger partial charge in [0.25, 0.3) is 0 Å². The van der Waals surface area contributed by atoms with Gasteiger partial charge in [-0.15, -0.1) is 0 Å². The quantitative estimate of drug-likeness (QED) is 0.506. The fourth-order valence-corrected chi connectivity index (χ4v) is 2.66. The Balaban J connectivity index is 0.000000298. The van der Waals surface area contributed by atoms with Crippen LogP contribution in [-0.2, 0) is 17.6 Å². The smallest absolute Gasteiger partial charge is 0.475 e. The van der Waals surface area contributed by atoms with Crippen LogP contribution < -0.4 is 10.6 Å². The van der Waals surface area contributed by atoms with E-state index in [0.29, 0.717) is 5.95 Å². The van der Waals surface area contributed by atoms with Crippen molar-refractivity contribution in [2.24, 2.45) is 0 Å². The minimum Gasteiger partial charge on any atom is -0.475 e. The first kappa shape index (κ1) is 20.1. The second-order valence-corrected chi connectivity index (χ2v) is 6.22. The Bertz CT molecular complexity index is 944. The number of fused-ring (bicyclic) bond motifs is 6. The molecule has 9 heteroatoms. The number of benzene rings is 2. The van der Waals surface area contributed by atoms with Crippen LogP contribution in [0.15, 0.2) is 60.8 Å². The van der Waals surface area contributed by atoms with E-state index in [4.69, 9.17) is 9.90 Å². The normalized spacial score (nSPS) is 12.5. The van der Waals surface area contributed by atoms with E-state index >= 15 is 0 Å². The van der Waals surface area contributed by atoms with Gasteiger partial charge in [0.15, 0.2) is 0 Å². The first-order valence-electron chi connectivity index (χ1n) is 8.65. The summed E-state index contributed by atoms with van der Waals surface area (Å²) in [6.07, 6.45) is -1.30. The van der Waals surface area contributed by atoms with E-state index in [1.807, 2.05) is 12.1 Å². The molecule has 0 radical (unpaired) electrons. The molecule has 0 saturated carbocycles. The minimum atomic E-state index is -5.08. The van der Waals surface area contributed by atoms with Gasteiger partial charge in [0.1, 0.15) is 5.82 Å². The summed E-state index contributed by atoms with van der Waals surface area (Å²) >= 11 is 0. The predicted octanol–water partition coefficient (Wildman–Crippen LogP) is 4.70. The first-order chi connectivity index (χ1) is 13.8. The van der Waals surface area contributed by atoms with Gasteiger partial charge in [0.2, 0.25) is 5.95 Å². The number of nitrogens with one attached hydrogen (secondary N) is 2. The van der Waals surface area contributed by atoms with Crippen molar-refractivity contribution >= 4 is 29.1 Å². The zero-order chi connectivity index (χ0) is 20.9. The summed E-state index contributed by atoms with van der Waals surface area (Å²) in [6.45, 7) is 0. The van der Waals surface area contributed by atoms with E-state index < -0.39 is 12.1 Å². The van der Waals surface area contributed by atoms with Crippen molar-refractivity contribution in [1.82, 2.24) is 9.97 Å². The molecule has 1 aliphatic heterocycles. The van der Waals surface area contributed by atoms with Crippen molar-refractivity contribution in [2.75, 3.05) is 10.6 Å². The molecule has 150 valence electrons. The fraction of sp³-hybridized carbons (Fsp3) is 0.150. The maximum atomic E-state index is 10.6. The molecular formula is C20H17F3N4O2. The molecule has 1 aromatic heterocycles. The van der Waals surface area contributed by atoms with Crippen molar-refractivity contribution in [3.63, 3.8) is 0 Å². The monoisotopic (exact) mass is 402 g/mol. The van der Waals surface area contributed by atoms with E-state index in [1.54, 1.807) is 6.20 Å². The summed E-state index contributed by atoms with van der Waals surface area (Å²) in [5.74, 6) is -1.38. The Labute approximate surface area is 164 Å². The number of hydrogen-bond acceptors (Lipinski definition) is 5. The third-order valence-corrected chi connectivity index (χ3v) is 3.98. The average Bonchev–Trinajstić information content (AvgIpc) is 2.67. The van der Waals surface area contributed by atoms with Crippen LogP contribution in [0.1, 0.15) is 11.1 Å². The molecule has 4 rings (SSSR count). The molecule has 3 aromatic rings. The van der Waals surface area contributed by atoms with Crippen molar-refractivity contribution in [2.45, 2.75) is 19.0 Å². The number of carbonyl (C=O) groups is 1. The molecule has 2 aromatic carbocycles. The van der Waals surface area contributed by atoms with E-state index in [2.05, 4.69) is 63.1 Å². The van der Waals surface area contributed by atoms with Gasteiger partial charge in [-0.2, -0.15) is 18.2 Å². The van der Waals surface area contributed by atoms with Crippen LogP contribution in [0.5, 0.6) is 0 Å². The molecule has 29 heavy (non-hydrogen) atoms. The number of carboxylic acid groups (broad SMARTS) is 1. The third kappa shape index (κ3) is 5.93. The molecule has 6 bridgehead atoms. The second kappa shape index (κ2) is 8.59. The maximum absolute atomic E-state index is 10.6. The molecule has 0 spiro atoms. The number of hydrogen-bond donors (Lipinski definition) is 3. The lowest BCUT2D eigenvalue weighted by molar-refractivity contribution is -0.192. The highest BCUT2D eigenvalue weighted by atomic mass is 19.4. The van der Waals surface area contributed by atoms with Gasteiger partial charge >= 0.3 is 12.1 Å². The van der Waals surface area contributed by atoms with E-state index in [-0.39, 0.29) is 0 Å². The number of alkyl halides is 3. The van der Waals surface area contributed by atoms with Crippen LogP contribution in [-0.4, -0.2) is 27.2 Å². The third-order valence-electron chi connectivity index (χ3n) is 3.98. The zero-order valence-corrected chi connectivity index (χ0v) is 15.1. The lowest BCUT2D eigenvalue weighted by atomic mass is 10.0. The van der Waals surface area contributed by atoms with Crippen LogP contribution in [0.25, 0.3) is 0 Å². The average molecular weight is 402 g/mol. The Morgan fingerprint density at radius 1 is 0.931 bits per heavy atom. The van der Waals surface area contributed by atoms with Gasteiger partial charge in [-0.25, -0.2) is 9.78 Å². The van der Waals surface area contributed by atoms with Crippen molar-refractivity contribution in [3.8, 4) is 0 Å². The summed E-state index contributed by atoms with van der Waals surface area (Å²) in [5, 5.41) is 13.7. The first-order valence-corrected chi connectivity index (χ1v) is 8.65. The Morgan fingerprint density at radius 2 is 1.48 bits per heavy atom. The fourth-order valence-electron chi connectivity index (χ4n) is 2.66. The number of halogens is 3. The van der Waals surface area contributed by atoms with Crippen molar-refractivity contribution in [1.29, 1.82) is 0 Å². The number of rotatable bonds is 0. The summed E-state index contributed by atoms with van der Waals surface area (Å²) in [6, 6.07) is 18.8. The predicted molar refractivity (Wildman–Crippen MR) is 103 cm³/mol. The van der Waals surface area contributed by atoms with Crippen LogP contribution in [0.4, 0.5) is 36.3 Å². The number of aryl methyl sites for hydroxylation is 2. The van der Waals surface area contributed by atoms with Gasteiger partial charge < -0.3 is 15.7 Å². The van der Waals surface area contributed by atoms with Crippen molar-refractivity contribution < 1.29 is 23.1 Å². The molecule has 1 aliphatic rings. The topological polar surface area (TPSA) is 87.1 Å². The molecule has 0 fully saturated rings. The number of carboxylic acids is 1. The van der Waals surface area contributed by atoms with E-state index in [1.165, 1.54) is 11.1 Å². The molecule has 2 heterocycles. The Morgan fingerprint density at radius 3 is 2.03 bits per heavy atom. The lowest BCUT2D eigenvalue weighted by Gasteiger charge is -2.08. The molecule has 0 aliphatic carbocycles. The molecular weight excluding hydrogens is 385 g/mol. The number of anilines is 4. The van der Waals surface area contributed by atoms with Crippen molar-refractivity contribution in [3.05, 3.63) is 71.9 Å². The minimum absolute atomic E-state index is 0.595. The maximum Gasteiger partial charge on any atom is 0.490 e. The number of aromatic nitrogens is 2. The molecule has 6 nitrogen and oxygen atoms in total. The number of nitrogens with zero attached hydrogens (tertiary/aromatic N) is 2. The Kier molecular flexibility index (Phi) is 5.96. The van der Waals surface area contributed by atoms with E-state index in [9.17, 15) is 13.2 Å². The Hall–Kier alpha value is -3.62. The van der Waals surface area contributed by atoms with E-state index in [0.717, 1.165) is 30.0 Å². The zero-order valence-electron chi connectivity index (χ0n) is 15.1. The van der Waals surface area contributed by atoms with Gasteiger partial charge in [-0.3, -0.25) is 0 Å². The standard InChI is InChI=1S/C18H16N4.C2HF3O2/c1-3-13-7-8-14-4-2-6-16(12-14)21-18-19-10-9-17(22-18)20-15(5-1)11-13;3-2(4,5)1(6)7/h1-6,9-12H,7-8H2,(H2,19,20,21,22);(H,6,7). The highest BCUT2D eigenvalue weighted by molar-refractivity contribution is 5.73. The van der Waals surface area contributed by atoms with Gasteiger partial charge in [0.05, 0.1) is 0 Å². The van der Waals surface area contributed by atoms with Crippen LogP contribution in [0.2, 0.25) is 0 Å². The molecule has 0 amide bonds. The highest BCUT2D eigenvalue weighted by Crippen LogP contribution is 2.21. The highest BCUT2D eigenvalue weighted by Gasteiger charge is 2.38. The van der Waals surface area contributed by atoms with Crippen LogP contribution >= 0.6 is 0 Å². The van der Waals surface area contributed by atoms with Gasteiger partial charge in [0, 0.05) is 17.6 Å². The van der Waals surface area contributed by atoms with Crippen LogP contribution in [0, 0.1) is 0 Å². The SMILES string of the molecule is O=C(O)C(F)(F)F.c1cc2cc(c1)Nc1ccnc(n1)Nc1cccc(c1)CC2. The lowest BCUT2D eigenvalue weighted by Crippen LogP contribution is -2.21. The van der Waals surface area contributed by atoms with Gasteiger partial charge in [-0.05, 0) is 54.3 Å².